The second-order valence-corrected chi connectivity index (χ2v) is 7.59. The van der Waals surface area contributed by atoms with E-state index < -0.39 is 93.8 Å². The normalized spacial score (nSPS) is 17.1. The minimum absolute atomic E-state index is 0.0737. The standard InChI is InChI=1S/C20H10F8N2O5/c21-8-2-10-9(1-7(8)12-13(22)15(24)17(26)16(25)14(12)23)30(19(34)20(27,28)35-10)5-11(31)29-3-6(4-29)18(32)33/h1-2,6H,3-5H2,(H,32,33). The maximum absolute atomic E-state index is 14.6. The molecule has 0 aliphatic carbocycles. The average molecular weight is 510 g/mol. The van der Waals surface area contributed by atoms with Gasteiger partial charge in [-0.15, -0.1) is 0 Å². The molecule has 1 fully saturated rings. The molecule has 2 heterocycles. The summed E-state index contributed by atoms with van der Waals surface area (Å²) in [7, 11) is 0. The molecule has 2 aromatic rings. The van der Waals surface area contributed by atoms with E-state index in [0.29, 0.717) is 6.07 Å². The molecule has 2 aromatic carbocycles. The smallest absolute Gasteiger partial charge is 0.481 e. The van der Waals surface area contributed by atoms with Crippen molar-refractivity contribution in [1.29, 1.82) is 0 Å². The Morgan fingerprint density at radius 2 is 1.51 bits per heavy atom. The van der Waals surface area contributed by atoms with Gasteiger partial charge in [-0.1, -0.05) is 0 Å². The zero-order chi connectivity index (χ0) is 26.0. The summed E-state index contributed by atoms with van der Waals surface area (Å²) in [5.41, 5.74) is -3.87. The molecule has 0 radical (unpaired) electrons. The van der Waals surface area contributed by atoms with Crippen molar-refractivity contribution in [3.05, 3.63) is 47.0 Å². The lowest BCUT2D eigenvalue weighted by molar-refractivity contribution is -0.193. The van der Waals surface area contributed by atoms with Gasteiger partial charge in [0, 0.05) is 24.7 Å². The number of nitrogens with zero attached hydrogens (tertiary/aromatic N) is 2. The predicted molar refractivity (Wildman–Crippen MR) is 97.3 cm³/mol. The summed E-state index contributed by atoms with van der Waals surface area (Å²) >= 11 is 0. The van der Waals surface area contributed by atoms with E-state index in [1.807, 2.05) is 0 Å². The van der Waals surface area contributed by atoms with Gasteiger partial charge in [0.2, 0.25) is 11.7 Å². The lowest BCUT2D eigenvalue weighted by Crippen LogP contribution is -2.58. The average Bonchev–Trinajstić information content (AvgIpc) is 2.73. The van der Waals surface area contributed by atoms with Crippen LogP contribution >= 0.6 is 0 Å². The highest BCUT2D eigenvalue weighted by Crippen LogP contribution is 2.44. The number of alkyl halides is 2. The molecule has 35 heavy (non-hydrogen) atoms. The second-order valence-electron chi connectivity index (χ2n) is 7.59. The van der Waals surface area contributed by atoms with Gasteiger partial charge in [0.05, 0.1) is 17.2 Å². The summed E-state index contributed by atoms with van der Waals surface area (Å²) in [5.74, 6) is -20.3. The molecule has 4 rings (SSSR count). The van der Waals surface area contributed by atoms with Crippen molar-refractivity contribution in [2.75, 3.05) is 24.5 Å². The monoisotopic (exact) mass is 510 g/mol. The number of amides is 2. The van der Waals surface area contributed by atoms with E-state index in [9.17, 15) is 49.5 Å². The largest absolute Gasteiger partial charge is 0.482 e. The molecule has 0 atom stereocenters. The van der Waals surface area contributed by atoms with Crippen LogP contribution in [0.1, 0.15) is 0 Å². The number of benzene rings is 2. The van der Waals surface area contributed by atoms with Crippen molar-refractivity contribution in [1.82, 2.24) is 4.90 Å². The van der Waals surface area contributed by atoms with Crippen LogP contribution in [0.4, 0.5) is 40.8 Å². The van der Waals surface area contributed by atoms with Crippen molar-refractivity contribution in [2.24, 2.45) is 5.92 Å². The maximum atomic E-state index is 14.6. The zero-order valence-electron chi connectivity index (χ0n) is 16.9. The zero-order valence-corrected chi connectivity index (χ0v) is 16.9. The predicted octanol–water partition coefficient (Wildman–Crippen LogP) is 3.05. The van der Waals surface area contributed by atoms with Crippen molar-refractivity contribution in [2.45, 2.75) is 6.11 Å². The number of hydrogen-bond acceptors (Lipinski definition) is 4. The lowest BCUT2D eigenvalue weighted by atomic mass is 9.99. The van der Waals surface area contributed by atoms with E-state index in [2.05, 4.69) is 4.74 Å². The summed E-state index contributed by atoms with van der Waals surface area (Å²) in [5, 5.41) is 8.87. The van der Waals surface area contributed by atoms with E-state index in [-0.39, 0.29) is 24.1 Å². The van der Waals surface area contributed by atoms with Crippen LogP contribution in [-0.2, 0) is 14.4 Å². The summed E-state index contributed by atoms with van der Waals surface area (Å²) < 4.78 is 116. The van der Waals surface area contributed by atoms with Gasteiger partial charge in [-0.2, -0.15) is 8.78 Å². The molecule has 0 saturated carbocycles. The minimum atomic E-state index is -4.61. The van der Waals surface area contributed by atoms with Crippen molar-refractivity contribution in [3.8, 4) is 16.9 Å². The first-order valence-electron chi connectivity index (χ1n) is 9.49. The molecular formula is C20H10F8N2O5. The lowest BCUT2D eigenvalue weighted by Gasteiger charge is -2.39. The van der Waals surface area contributed by atoms with Gasteiger partial charge in [-0.25, -0.2) is 26.3 Å². The molecular weight excluding hydrogens is 500 g/mol. The van der Waals surface area contributed by atoms with Crippen molar-refractivity contribution in [3.63, 3.8) is 0 Å². The minimum Gasteiger partial charge on any atom is -0.481 e. The molecule has 2 aliphatic heterocycles. The SMILES string of the molecule is O=C(O)C1CN(C(=O)CN2C(=O)C(F)(F)Oc3cc(F)c(-c4c(F)c(F)c(F)c(F)c4F)cc32)C1. The molecule has 2 amide bonds. The molecule has 0 spiro atoms. The Labute approximate surface area is 189 Å². The number of carboxylic acid groups (broad SMARTS) is 1. The van der Waals surface area contributed by atoms with E-state index >= 15 is 0 Å². The number of rotatable bonds is 4. The molecule has 1 saturated heterocycles. The Balaban J connectivity index is 1.79. The number of ether oxygens (including phenoxy) is 1. The number of likely N-dealkylation sites (tertiary alicyclic amines) is 1. The summed E-state index contributed by atoms with van der Waals surface area (Å²) in [6.45, 7) is -1.75. The fourth-order valence-corrected chi connectivity index (χ4v) is 3.55. The van der Waals surface area contributed by atoms with Gasteiger partial charge < -0.3 is 14.7 Å². The quantitative estimate of drug-likeness (QED) is 0.388. The number of halogens is 8. The Morgan fingerprint density at radius 3 is 2.06 bits per heavy atom. The van der Waals surface area contributed by atoms with E-state index in [4.69, 9.17) is 5.11 Å². The first-order chi connectivity index (χ1) is 16.2. The van der Waals surface area contributed by atoms with Crippen molar-refractivity contribution < 1.29 is 59.4 Å². The number of hydrogen-bond donors (Lipinski definition) is 1. The maximum Gasteiger partial charge on any atom is 0.482 e. The molecule has 15 heteroatoms. The number of carbonyl (C=O) groups excluding carboxylic acids is 2. The van der Waals surface area contributed by atoms with E-state index in [1.165, 1.54) is 0 Å². The first-order valence-corrected chi connectivity index (χ1v) is 9.49. The Kier molecular flexibility index (Phi) is 5.60. The van der Waals surface area contributed by atoms with Crippen LogP contribution in [0, 0.1) is 40.8 Å². The van der Waals surface area contributed by atoms with Gasteiger partial charge in [-0.05, 0) is 6.07 Å². The van der Waals surface area contributed by atoms with Crippen LogP contribution in [-0.4, -0.2) is 53.5 Å². The Bertz CT molecular complexity index is 1270. The number of fused-ring (bicyclic) bond motifs is 1. The van der Waals surface area contributed by atoms with Crippen molar-refractivity contribution >= 4 is 23.5 Å². The van der Waals surface area contributed by atoms with Gasteiger partial charge >= 0.3 is 18.0 Å². The molecule has 1 N–H and O–H groups in total. The van der Waals surface area contributed by atoms with Gasteiger partial charge in [-0.3, -0.25) is 19.3 Å². The highest BCUT2D eigenvalue weighted by molar-refractivity contribution is 6.05. The summed E-state index contributed by atoms with van der Waals surface area (Å²) in [6.07, 6.45) is -4.61. The topological polar surface area (TPSA) is 87.2 Å². The number of carbonyl (C=O) groups is 3. The summed E-state index contributed by atoms with van der Waals surface area (Å²) in [4.78, 5) is 36.5. The molecule has 7 nitrogen and oxygen atoms in total. The van der Waals surface area contributed by atoms with Gasteiger partial charge in [0.1, 0.15) is 12.4 Å². The van der Waals surface area contributed by atoms with E-state index in [0.717, 1.165) is 4.90 Å². The summed E-state index contributed by atoms with van der Waals surface area (Å²) in [6, 6.07) is 0.449. The molecule has 186 valence electrons. The first kappa shape index (κ1) is 24.2. The second kappa shape index (κ2) is 8.09. The number of carboxylic acids is 1. The molecule has 0 bridgehead atoms. The Morgan fingerprint density at radius 1 is 0.971 bits per heavy atom. The number of anilines is 1. The van der Waals surface area contributed by atoms with Crippen LogP contribution in [0.5, 0.6) is 5.75 Å². The van der Waals surface area contributed by atoms with Crippen LogP contribution in [0.3, 0.4) is 0 Å². The van der Waals surface area contributed by atoms with Crippen LogP contribution < -0.4 is 9.64 Å². The highest BCUT2D eigenvalue weighted by Gasteiger charge is 2.52. The van der Waals surface area contributed by atoms with Gasteiger partial charge in [0.15, 0.2) is 29.0 Å². The van der Waals surface area contributed by atoms with Crippen LogP contribution in [0.15, 0.2) is 12.1 Å². The van der Waals surface area contributed by atoms with Gasteiger partial charge in [0.25, 0.3) is 0 Å². The molecule has 0 aromatic heterocycles. The van der Waals surface area contributed by atoms with E-state index in [1.54, 1.807) is 0 Å². The molecule has 2 aliphatic rings. The fourth-order valence-electron chi connectivity index (χ4n) is 3.55. The van der Waals surface area contributed by atoms with Crippen LogP contribution in [0.25, 0.3) is 11.1 Å². The number of aliphatic carboxylic acids is 1. The third kappa shape index (κ3) is 3.80. The Hall–Kier alpha value is -3.91. The molecule has 0 unspecified atom stereocenters. The third-order valence-electron chi connectivity index (χ3n) is 5.43. The fraction of sp³-hybridized carbons (Fsp3) is 0.250. The third-order valence-corrected chi connectivity index (χ3v) is 5.43. The highest BCUT2D eigenvalue weighted by atomic mass is 19.3. The van der Waals surface area contributed by atoms with Crippen LogP contribution in [0.2, 0.25) is 0 Å².